The lowest BCUT2D eigenvalue weighted by atomic mass is 9.96. The van der Waals surface area contributed by atoms with Crippen LogP contribution in [0.4, 0.5) is 11.5 Å². The van der Waals surface area contributed by atoms with Gasteiger partial charge in [-0.1, -0.05) is 35.9 Å². The molecule has 0 spiro atoms. The molecule has 162 valence electrons. The molecule has 6 heteroatoms. The van der Waals surface area contributed by atoms with Gasteiger partial charge in [0.05, 0.1) is 12.6 Å². The van der Waals surface area contributed by atoms with Crippen LogP contribution in [-0.4, -0.2) is 22.7 Å². The molecule has 1 amide bonds. The van der Waals surface area contributed by atoms with E-state index in [1.54, 1.807) is 13.0 Å². The van der Waals surface area contributed by atoms with Gasteiger partial charge >= 0.3 is 0 Å². The number of benzene rings is 1. The van der Waals surface area contributed by atoms with E-state index in [-0.39, 0.29) is 17.6 Å². The summed E-state index contributed by atoms with van der Waals surface area (Å²) in [7, 11) is 0. The highest BCUT2D eigenvalue weighted by molar-refractivity contribution is 5.89. The monoisotopic (exact) mass is 418 g/mol. The Morgan fingerprint density at radius 1 is 1.23 bits per heavy atom. The molecular weight excluding hydrogens is 388 g/mol. The van der Waals surface area contributed by atoms with Crippen molar-refractivity contribution in [1.29, 1.82) is 0 Å². The van der Waals surface area contributed by atoms with Crippen LogP contribution >= 0.6 is 0 Å². The van der Waals surface area contributed by atoms with Gasteiger partial charge in [-0.25, -0.2) is 9.83 Å². The van der Waals surface area contributed by atoms with Gasteiger partial charge in [-0.3, -0.25) is 9.59 Å². The van der Waals surface area contributed by atoms with Gasteiger partial charge in [0, 0.05) is 18.0 Å². The first kappa shape index (κ1) is 22.5. The van der Waals surface area contributed by atoms with Crippen LogP contribution in [0.2, 0.25) is 0 Å². The number of carbonyl (C=O) groups excluding carboxylic acids is 2. The Morgan fingerprint density at radius 3 is 2.65 bits per heavy atom. The van der Waals surface area contributed by atoms with Crippen molar-refractivity contribution in [1.82, 2.24) is 10.3 Å². The van der Waals surface area contributed by atoms with Crippen LogP contribution in [0.1, 0.15) is 49.4 Å². The number of amides is 1. The van der Waals surface area contributed by atoms with Gasteiger partial charge in [0.2, 0.25) is 5.91 Å². The van der Waals surface area contributed by atoms with Crippen LogP contribution in [-0.2, 0) is 22.4 Å². The molecule has 0 aliphatic heterocycles. The average Bonchev–Trinajstić information content (AvgIpc) is 3.22. The fraction of sp³-hybridized carbons (Fsp3) is 0.440. The van der Waals surface area contributed by atoms with E-state index in [1.807, 2.05) is 37.3 Å². The fourth-order valence-corrected chi connectivity index (χ4v) is 4.30. The summed E-state index contributed by atoms with van der Waals surface area (Å²) in [4.78, 5) is 32.9. The number of Topliss-reactive ketones (excluding diaryl/α,β-unsaturated/α-hetero) is 1. The van der Waals surface area contributed by atoms with E-state index >= 15 is 0 Å². The smallest absolute Gasteiger partial charge is 0.223 e. The molecule has 1 saturated carbocycles. The number of anilines is 1. The van der Waals surface area contributed by atoms with Gasteiger partial charge in [0.25, 0.3) is 0 Å². The number of hydrogen-bond acceptors (Lipinski definition) is 4. The van der Waals surface area contributed by atoms with Gasteiger partial charge in [0.15, 0.2) is 11.5 Å². The number of nitrogens with one attached hydrogen (secondary N) is 1. The zero-order valence-electron chi connectivity index (χ0n) is 18.2. The van der Waals surface area contributed by atoms with E-state index < -0.39 is 6.04 Å². The Labute approximate surface area is 184 Å². The zero-order chi connectivity index (χ0) is 22.4. The second-order valence-corrected chi connectivity index (χ2v) is 8.54. The van der Waals surface area contributed by atoms with Crippen molar-refractivity contribution < 1.29 is 9.59 Å². The number of carbonyl (C=O) groups is 2. The number of nitrogens with zero attached hydrogens (tertiary/aromatic N) is 2. The predicted molar refractivity (Wildman–Crippen MR) is 122 cm³/mol. The number of rotatable bonds is 8. The molecule has 1 aromatic heterocycles. The van der Waals surface area contributed by atoms with E-state index in [4.69, 9.17) is 12.3 Å². The van der Waals surface area contributed by atoms with Crippen LogP contribution in [0.3, 0.4) is 0 Å². The zero-order valence-corrected chi connectivity index (χ0v) is 18.2. The lowest BCUT2D eigenvalue weighted by Gasteiger charge is -2.17. The van der Waals surface area contributed by atoms with E-state index in [9.17, 15) is 9.59 Å². The summed E-state index contributed by atoms with van der Waals surface area (Å²) in [5, 5.41) is 2.92. The molecule has 6 nitrogen and oxygen atoms in total. The third kappa shape index (κ3) is 6.14. The van der Waals surface area contributed by atoms with E-state index in [1.165, 1.54) is 5.56 Å². The molecule has 0 saturated heterocycles. The van der Waals surface area contributed by atoms with Crippen molar-refractivity contribution in [3.63, 3.8) is 0 Å². The minimum Gasteiger partial charge on any atom is -0.384 e. The largest absolute Gasteiger partial charge is 0.384 e. The highest BCUT2D eigenvalue weighted by atomic mass is 16.2. The first-order valence-electron chi connectivity index (χ1n) is 10.9. The van der Waals surface area contributed by atoms with Crippen LogP contribution in [0.15, 0.2) is 36.4 Å². The van der Waals surface area contributed by atoms with Gasteiger partial charge in [0.1, 0.15) is 5.82 Å². The van der Waals surface area contributed by atoms with Gasteiger partial charge in [-0.2, -0.15) is 0 Å². The number of pyridine rings is 1. The number of ketones is 1. The molecule has 1 aliphatic carbocycles. The summed E-state index contributed by atoms with van der Waals surface area (Å²) in [6.45, 7) is 10.7. The summed E-state index contributed by atoms with van der Waals surface area (Å²) in [6, 6.07) is 10.8. The van der Waals surface area contributed by atoms with Gasteiger partial charge in [-0.15, -0.1) is 0 Å². The first-order chi connectivity index (χ1) is 14.9. The Kier molecular flexibility index (Phi) is 7.41. The summed E-state index contributed by atoms with van der Waals surface area (Å²) < 4.78 is 0. The Hall–Kier alpha value is -3.20. The van der Waals surface area contributed by atoms with Gasteiger partial charge in [-0.05, 0) is 63.5 Å². The normalized spacial score (nSPS) is 18.9. The molecule has 1 heterocycles. The predicted octanol–water partition coefficient (Wildman–Crippen LogP) is 4.19. The number of hydrogen-bond donors (Lipinski definition) is 2. The van der Waals surface area contributed by atoms with Crippen LogP contribution in [0.25, 0.3) is 4.85 Å². The molecule has 1 aromatic carbocycles. The maximum absolute atomic E-state index is 12.7. The second kappa shape index (κ2) is 10.2. The molecule has 3 atom stereocenters. The highest BCUT2D eigenvalue weighted by Gasteiger charge is 2.31. The molecule has 0 bridgehead atoms. The lowest BCUT2D eigenvalue weighted by Crippen LogP contribution is -2.41. The fourth-order valence-electron chi connectivity index (χ4n) is 4.30. The lowest BCUT2D eigenvalue weighted by molar-refractivity contribution is -0.129. The van der Waals surface area contributed by atoms with Crippen molar-refractivity contribution in [2.24, 2.45) is 11.8 Å². The molecule has 2 aromatic rings. The van der Waals surface area contributed by atoms with Crippen molar-refractivity contribution >= 4 is 23.2 Å². The van der Waals surface area contributed by atoms with Gasteiger partial charge < -0.3 is 11.1 Å². The third-order valence-corrected chi connectivity index (χ3v) is 6.20. The van der Waals surface area contributed by atoms with Crippen LogP contribution in [0.5, 0.6) is 0 Å². The molecule has 3 N–H and O–H groups in total. The maximum Gasteiger partial charge on any atom is 0.223 e. The average molecular weight is 419 g/mol. The standard InChI is InChI=1S/C25H30N4O2/c1-16-20(9-13-24(26)28-16)8-12-23(30)17(2)29-25(31)21-7-4-19(15-21)14-18-5-10-22(27-3)11-6-18/h5-6,9-11,13,17,19,21H,4,7-8,12,14-15H2,1-2H3,(H2,26,28)(H,29,31)/t17-,19-,21+/m0/s1. The highest BCUT2D eigenvalue weighted by Crippen LogP contribution is 2.33. The number of aryl methyl sites for hydroxylation is 2. The van der Waals surface area contributed by atoms with E-state index in [0.29, 0.717) is 30.3 Å². The van der Waals surface area contributed by atoms with Crippen molar-refractivity contribution in [2.75, 3.05) is 5.73 Å². The third-order valence-electron chi connectivity index (χ3n) is 6.20. The molecule has 0 unspecified atom stereocenters. The molecule has 31 heavy (non-hydrogen) atoms. The minimum absolute atomic E-state index is 0.0166. The quantitative estimate of drug-likeness (QED) is 0.629. The molecule has 0 radical (unpaired) electrons. The second-order valence-electron chi connectivity index (χ2n) is 8.54. The number of nitrogen functional groups attached to an aromatic ring is 1. The van der Waals surface area contributed by atoms with Crippen molar-refractivity contribution in [2.45, 2.75) is 58.4 Å². The minimum atomic E-state index is -0.491. The summed E-state index contributed by atoms with van der Waals surface area (Å²) in [6.07, 6.45) is 4.58. The number of nitrogens with two attached hydrogens (primary N) is 1. The summed E-state index contributed by atoms with van der Waals surface area (Å²) >= 11 is 0. The molecule has 1 fully saturated rings. The van der Waals surface area contributed by atoms with Crippen LogP contribution in [0, 0.1) is 25.3 Å². The first-order valence-corrected chi connectivity index (χ1v) is 10.9. The van der Waals surface area contributed by atoms with E-state index in [0.717, 1.165) is 36.9 Å². The molecular formula is C25H30N4O2. The van der Waals surface area contributed by atoms with E-state index in [2.05, 4.69) is 15.1 Å². The van der Waals surface area contributed by atoms with Crippen LogP contribution < -0.4 is 11.1 Å². The molecule has 3 rings (SSSR count). The number of aromatic nitrogens is 1. The summed E-state index contributed by atoms with van der Waals surface area (Å²) in [5.41, 5.74) is 9.37. The SMILES string of the molecule is [C-]#[N+]c1ccc(C[C@@H]2CC[C@@H](C(=O)N[C@@H](C)C(=O)CCc3ccc(N)nc3C)C2)cc1. The topological polar surface area (TPSA) is 89.4 Å². The van der Waals surface area contributed by atoms with Crippen molar-refractivity contribution in [3.05, 3.63) is 64.6 Å². The Balaban J connectivity index is 1.44. The Bertz CT molecular complexity index is 978. The molecule has 1 aliphatic rings. The summed E-state index contributed by atoms with van der Waals surface area (Å²) in [5.74, 6) is 0.910. The Morgan fingerprint density at radius 2 is 1.97 bits per heavy atom. The van der Waals surface area contributed by atoms with Crippen molar-refractivity contribution in [3.8, 4) is 0 Å². The maximum atomic E-state index is 12.7.